The van der Waals surface area contributed by atoms with Gasteiger partial charge in [0, 0.05) is 23.2 Å². The zero-order valence-corrected chi connectivity index (χ0v) is 15.8. The number of unbranched alkanes of at least 4 members (excludes halogenated alkanes) is 2. The number of nitrogens with one attached hydrogen (secondary N) is 1. The highest BCUT2D eigenvalue weighted by molar-refractivity contribution is 6.35. The Kier molecular flexibility index (Phi) is 4.71. The lowest BCUT2D eigenvalue weighted by molar-refractivity contribution is -0.110. The molecule has 0 bridgehead atoms. The number of rotatable bonds is 5. The zero-order valence-electron chi connectivity index (χ0n) is 15.8. The molecule has 0 unspecified atom stereocenters. The van der Waals surface area contributed by atoms with E-state index in [-0.39, 0.29) is 5.91 Å². The molecular weight excluding hydrogens is 322 g/mol. The van der Waals surface area contributed by atoms with Crippen LogP contribution < -0.4 is 5.32 Å². The number of hydrogen-bond acceptors (Lipinski definition) is 2. The van der Waals surface area contributed by atoms with Crippen LogP contribution in [0, 0.1) is 6.92 Å². The van der Waals surface area contributed by atoms with Crippen LogP contribution in [-0.4, -0.2) is 5.91 Å². The molecule has 2 heterocycles. The van der Waals surface area contributed by atoms with Crippen LogP contribution in [0.1, 0.15) is 72.8 Å². The summed E-state index contributed by atoms with van der Waals surface area (Å²) in [6.45, 7) is 4.29. The molecule has 0 radical (unpaired) electrons. The molecule has 4 rings (SSSR count). The van der Waals surface area contributed by atoms with Gasteiger partial charge in [-0.15, -0.1) is 0 Å². The van der Waals surface area contributed by atoms with Crippen LogP contribution in [0.2, 0.25) is 0 Å². The van der Waals surface area contributed by atoms with E-state index in [1.165, 1.54) is 43.2 Å². The Bertz CT molecular complexity index is 873. The largest absolute Gasteiger partial charge is 0.461 e. The smallest absolute Gasteiger partial charge is 0.256 e. The molecule has 0 saturated heterocycles. The lowest BCUT2D eigenvalue weighted by Crippen LogP contribution is -2.04. The van der Waals surface area contributed by atoms with Gasteiger partial charge >= 0.3 is 0 Å². The SMILES string of the molecule is CCCCCc1c(C=C2C(=O)Nc3cccc(C)c32)oc2c1CCCC2. The number of amides is 1. The van der Waals surface area contributed by atoms with Crippen molar-refractivity contribution in [3.05, 3.63) is 52.0 Å². The van der Waals surface area contributed by atoms with E-state index < -0.39 is 0 Å². The second kappa shape index (κ2) is 7.14. The second-order valence-electron chi connectivity index (χ2n) is 7.52. The maximum atomic E-state index is 12.6. The van der Waals surface area contributed by atoms with E-state index in [1.807, 2.05) is 18.2 Å². The number of fused-ring (bicyclic) bond motifs is 2. The highest BCUT2D eigenvalue weighted by Gasteiger charge is 2.28. The fourth-order valence-corrected chi connectivity index (χ4v) is 4.30. The van der Waals surface area contributed by atoms with E-state index in [4.69, 9.17) is 4.42 Å². The Morgan fingerprint density at radius 1 is 1.19 bits per heavy atom. The van der Waals surface area contributed by atoms with Crippen LogP contribution >= 0.6 is 0 Å². The Hall–Kier alpha value is -2.29. The van der Waals surface area contributed by atoms with Gasteiger partial charge in [-0.1, -0.05) is 31.9 Å². The topological polar surface area (TPSA) is 42.2 Å². The highest BCUT2D eigenvalue weighted by atomic mass is 16.3. The number of anilines is 1. The number of carbonyl (C=O) groups excluding carboxylic acids is 1. The van der Waals surface area contributed by atoms with Gasteiger partial charge in [-0.05, 0) is 62.3 Å². The molecular formula is C23H27NO2. The molecule has 1 aromatic heterocycles. The molecule has 2 aromatic rings. The van der Waals surface area contributed by atoms with Crippen LogP contribution in [0.5, 0.6) is 0 Å². The van der Waals surface area contributed by atoms with E-state index in [9.17, 15) is 4.79 Å². The predicted molar refractivity (Wildman–Crippen MR) is 106 cm³/mol. The van der Waals surface area contributed by atoms with Crippen molar-refractivity contribution < 1.29 is 9.21 Å². The molecule has 0 saturated carbocycles. The van der Waals surface area contributed by atoms with E-state index in [2.05, 4.69) is 25.2 Å². The van der Waals surface area contributed by atoms with E-state index >= 15 is 0 Å². The highest BCUT2D eigenvalue weighted by Crippen LogP contribution is 2.38. The van der Waals surface area contributed by atoms with Gasteiger partial charge in [0.1, 0.15) is 11.5 Å². The lowest BCUT2D eigenvalue weighted by atomic mass is 9.91. The summed E-state index contributed by atoms with van der Waals surface area (Å²) in [7, 11) is 0. The van der Waals surface area contributed by atoms with Gasteiger partial charge in [-0.3, -0.25) is 4.79 Å². The van der Waals surface area contributed by atoms with E-state index in [0.717, 1.165) is 53.2 Å². The fourth-order valence-electron chi connectivity index (χ4n) is 4.30. The first kappa shape index (κ1) is 17.1. The number of furan rings is 1. The summed E-state index contributed by atoms with van der Waals surface area (Å²) >= 11 is 0. The monoisotopic (exact) mass is 349 g/mol. The molecule has 1 amide bonds. The third kappa shape index (κ3) is 3.00. The fraction of sp³-hybridized carbons (Fsp3) is 0.435. The maximum absolute atomic E-state index is 12.6. The summed E-state index contributed by atoms with van der Waals surface area (Å²) in [5.74, 6) is 2.04. The number of benzene rings is 1. The van der Waals surface area contributed by atoms with Crippen LogP contribution in [-0.2, 0) is 24.1 Å². The van der Waals surface area contributed by atoms with Crippen LogP contribution in [0.15, 0.2) is 22.6 Å². The normalized spacial score (nSPS) is 17.3. The van der Waals surface area contributed by atoms with Crippen molar-refractivity contribution in [2.45, 2.75) is 65.2 Å². The molecule has 1 aromatic carbocycles. The van der Waals surface area contributed by atoms with Crippen molar-refractivity contribution in [2.75, 3.05) is 5.32 Å². The summed E-state index contributed by atoms with van der Waals surface area (Å²) in [5, 5.41) is 2.99. The maximum Gasteiger partial charge on any atom is 0.256 e. The summed E-state index contributed by atoms with van der Waals surface area (Å²) in [6, 6.07) is 6.01. The number of aryl methyl sites for hydroxylation is 2. The minimum Gasteiger partial charge on any atom is -0.461 e. The van der Waals surface area contributed by atoms with Crippen LogP contribution in [0.3, 0.4) is 0 Å². The Labute approximate surface area is 155 Å². The molecule has 136 valence electrons. The Morgan fingerprint density at radius 2 is 2.04 bits per heavy atom. The predicted octanol–water partition coefficient (Wildman–Crippen LogP) is 5.69. The molecule has 26 heavy (non-hydrogen) atoms. The quantitative estimate of drug-likeness (QED) is 0.556. The first-order chi connectivity index (χ1) is 12.7. The van der Waals surface area contributed by atoms with Gasteiger partial charge in [0.25, 0.3) is 5.91 Å². The third-order valence-corrected chi connectivity index (χ3v) is 5.65. The van der Waals surface area contributed by atoms with E-state index in [1.54, 1.807) is 0 Å². The molecule has 3 heteroatoms. The van der Waals surface area contributed by atoms with Crippen molar-refractivity contribution in [1.82, 2.24) is 0 Å². The molecule has 1 N–H and O–H groups in total. The first-order valence-electron chi connectivity index (χ1n) is 9.95. The van der Waals surface area contributed by atoms with Gasteiger partial charge in [0.05, 0.1) is 5.57 Å². The van der Waals surface area contributed by atoms with Gasteiger partial charge in [-0.25, -0.2) is 0 Å². The third-order valence-electron chi connectivity index (χ3n) is 5.65. The number of carbonyl (C=O) groups is 1. The molecule has 1 aliphatic heterocycles. The molecule has 2 aliphatic rings. The van der Waals surface area contributed by atoms with E-state index in [0.29, 0.717) is 0 Å². The first-order valence-corrected chi connectivity index (χ1v) is 9.95. The minimum absolute atomic E-state index is 0.0248. The Balaban J connectivity index is 1.78. The van der Waals surface area contributed by atoms with Gasteiger partial charge < -0.3 is 9.73 Å². The molecule has 0 atom stereocenters. The summed E-state index contributed by atoms with van der Waals surface area (Å²) < 4.78 is 6.28. The van der Waals surface area contributed by atoms with Gasteiger partial charge in [-0.2, -0.15) is 0 Å². The Morgan fingerprint density at radius 3 is 2.88 bits per heavy atom. The van der Waals surface area contributed by atoms with Crippen molar-refractivity contribution >= 4 is 23.2 Å². The second-order valence-corrected chi connectivity index (χ2v) is 7.52. The molecule has 1 aliphatic carbocycles. The summed E-state index contributed by atoms with van der Waals surface area (Å²) in [6.07, 6.45) is 11.3. The van der Waals surface area contributed by atoms with Crippen molar-refractivity contribution in [3.8, 4) is 0 Å². The average Bonchev–Trinajstić information content (AvgIpc) is 3.14. The molecule has 0 fully saturated rings. The summed E-state index contributed by atoms with van der Waals surface area (Å²) in [5.41, 5.74) is 6.55. The average molecular weight is 349 g/mol. The lowest BCUT2D eigenvalue weighted by Gasteiger charge is -2.10. The van der Waals surface area contributed by atoms with Gasteiger partial charge in [0.15, 0.2) is 0 Å². The zero-order chi connectivity index (χ0) is 18.1. The number of hydrogen-bond donors (Lipinski definition) is 1. The van der Waals surface area contributed by atoms with Crippen molar-refractivity contribution in [1.29, 1.82) is 0 Å². The van der Waals surface area contributed by atoms with Crippen LogP contribution in [0.4, 0.5) is 5.69 Å². The van der Waals surface area contributed by atoms with Crippen molar-refractivity contribution in [2.24, 2.45) is 0 Å². The summed E-state index contributed by atoms with van der Waals surface area (Å²) in [4.78, 5) is 12.6. The molecule has 3 nitrogen and oxygen atoms in total. The van der Waals surface area contributed by atoms with Crippen molar-refractivity contribution in [3.63, 3.8) is 0 Å². The molecule has 0 spiro atoms. The van der Waals surface area contributed by atoms with Crippen LogP contribution in [0.25, 0.3) is 11.6 Å². The standard InChI is InChI=1S/C23H27NO2/c1-3-4-5-10-17-16-11-6-7-13-20(16)26-21(17)14-18-22-15(2)9-8-12-19(22)24-23(18)25/h8-9,12,14H,3-7,10-11,13H2,1-2H3,(H,24,25). The van der Waals surface area contributed by atoms with Gasteiger partial charge in [0.2, 0.25) is 0 Å². The minimum atomic E-state index is -0.0248.